The smallest absolute Gasteiger partial charge is 0.0850 e. The molecule has 1 rings (SSSR count). The van der Waals surface area contributed by atoms with Crippen LogP contribution in [-0.4, -0.2) is 20.5 Å². The molecule has 0 spiro atoms. The summed E-state index contributed by atoms with van der Waals surface area (Å²) < 4.78 is 1.95. The zero-order valence-electron chi connectivity index (χ0n) is 14.4. The molecule has 0 saturated carbocycles. The third-order valence-electron chi connectivity index (χ3n) is 3.77. The number of aryl methyl sites for hydroxylation is 2. The lowest BCUT2D eigenvalue weighted by Crippen LogP contribution is -2.35. The molecule has 0 aliphatic heterocycles. The van der Waals surface area contributed by atoms with Crippen molar-refractivity contribution in [2.75, 3.05) is 0 Å². The molecular weight excluding hydrogens is 284 g/mol. The summed E-state index contributed by atoms with van der Waals surface area (Å²) in [4.78, 5) is 0. The number of aromatic nitrogens is 2. The zero-order chi connectivity index (χ0) is 16.2. The summed E-state index contributed by atoms with van der Waals surface area (Å²) in [7, 11) is 0. The molecule has 0 unspecified atom stereocenters. The van der Waals surface area contributed by atoms with Gasteiger partial charge in [-0.2, -0.15) is 5.10 Å². The second kappa shape index (κ2) is 7.64. The normalized spacial score (nSPS) is 12.7. The summed E-state index contributed by atoms with van der Waals surface area (Å²) in [6, 6.07) is 0. The molecule has 21 heavy (non-hydrogen) atoms. The number of rotatable bonds is 8. The fourth-order valence-corrected chi connectivity index (χ4v) is 3.58. The molecule has 4 heteroatoms. The topological polar surface area (TPSA) is 38.0 Å². The van der Waals surface area contributed by atoms with E-state index in [-0.39, 0.29) is 0 Å². The van der Waals surface area contributed by atoms with Gasteiger partial charge in [0.2, 0.25) is 0 Å². The Morgan fingerprint density at radius 3 is 2.05 bits per heavy atom. The highest BCUT2D eigenvalue weighted by Gasteiger charge is 2.32. The van der Waals surface area contributed by atoms with Crippen LogP contribution in [0.3, 0.4) is 0 Å². The molecule has 1 aromatic rings. The molecular formula is C17H31ClN2O. The van der Waals surface area contributed by atoms with Gasteiger partial charge in [-0.1, -0.05) is 46.2 Å². The van der Waals surface area contributed by atoms with Crippen molar-refractivity contribution in [3.8, 4) is 0 Å². The van der Waals surface area contributed by atoms with Gasteiger partial charge >= 0.3 is 0 Å². The van der Waals surface area contributed by atoms with Gasteiger partial charge in [-0.05, 0) is 38.0 Å². The highest BCUT2D eigenvalue weighted by molar-refractivity contribution is 6.31. The molecule has 0 atom stereocenters. The van der Waals surface area contributed by atoms with Crippen LogP contribution in [0.4, 0.5) is 0 Å². The monoisotopic (exact) mass is 314 g/mol. The Kier molecular flexibility index (Phi) is 6.73. The maximum Gasteiger partial charge on any atom is 0.0850 e. The number of aliphatic hydroxyl groups is 1. The van der Waals surface area contributed by atoms with Gasteiger partial charge in [0.1, 0.15) is 0 Å². The Labute approximate surface area is 134 Å². The highest BCUT2D eigenvalue weighted by Crippen LogP contribution is 2.32. The minimum Gasteiger partial charge on any atom is -0.389 e. The van der Waals surface area contributed by atoms with Gasteiger partial charge in [0.15, 0.2) is 0 Å². The van der Waals surface area contributed by atoms with E-state index in [4.69, 9.17) is 11.6 Å². The molecule has 122 valence electrons. The van der Waals surface area contributed by atoms with Crippen molar-refractivity contribution in [3.63, 3.8) is 0 Å². The van der Waals surface area contributed by atoms with Crippen molar-refractivity contribution < 1.29 is 5.11 Å². The molecule has 0 radical (unpaired) electrons. The van der Waals surface area contributed by atoms with Crippen LogP contribution in [0.5, 0.6) is 0 Å². The second-order valence-corrected chi connectivity index (χ2v) is 7.35. The summed E-state index contributed by atoms with van der Waals surface area (Å²) in [6.07, 6.45) is 2.99. The van der Waals surface area contributed by atoms with E-state index >= 15 is 0 Å². The first kappa shape index (κ1) is 18.5. The van der Waals surface area contributed by atoms with Gasteiger partial charge in [0.25, 0.3) is 0 Å². The summed E-state index contributed by atoms with van der Waals surface area (Å²) in [6.45, 7) is 13.5. The van der Waals surface area contributed by atoms with E-state index in [1.165, 1.54) is 0 Å². The van der Waals surface area contributed by atoms with Crippen LogP contribution in [0.25, 0.3) is 0 Å². The Balaban J connectivity index is 3.10. The standard InChI is InChI=1S/C17H31ClN2O/c1-7-14-16(18)15(20(8-2)19-14)11-17(21,9-12(3)4)10-13(5)6/h12-13,21H,7-11H2,1-6H3. The van der Waals surface area contributed by atoms with Crippen molar-refractivity contribution in [3.05, 3.63) is 16.4 Å². The molecule has 0 aliphatic carbocycles. The van der Waals surface area contributed by atoms with E-state index in [0.717, 1.165) is 42.2 Å². The van der Waals surface area contributed by atoms with Gasteiger partial charge in [-0.25, -0.2) is 0 Å². The second-order valence-electron chi connectivity index (χ2n) is 6.97. The van der Waals surface area contributed by atoms with E-state index in [9.17, 15) is 5.11 Å². The van der Waals surface area contributed by atoms with Crippen LogP contribution in [0.2, 0.25) is 5.02 Å². The largest absolute Gasteiger partial charge is 0.389 e. The molecule has 0 aromatic carbocycles. The first-order valence-corrected chi connectivity index (χ1v) is 8.56. The van der Waals surface area contributed by atoms with E-state index in [1.54, 1.807) is 0 Å². The first-order valence-electron chi connectivity index (χ1n) is 8.18. The number of nitrogens with zero attached hydrogens (tertiary/aromatic N) is 2. The van der Waals surface area contributed by atoms with Crippen molar-refractivity contribution in [2.45, 2.75) is 79.4 Å². The van der Waals surface area contributed by atoms with Crippen molar-refractivity contribution >= 4 is 11.6 Å². The van der Waals surface area contributed by atoms with Crippen LogP contribution in [0.15, 0.2) is 0 Å². The van der Waals surface area contributed by atoms with Crippen LogP contribution in [0.1, 0.15) is 65.8 Å². The third-order valence-corrected chi connectivity index (χ3v) is 4.20. The molecule has 0 bridgehead atoms. The summed E-state index contributed by atoms with van der Waals surface area (Å²) in [5.74, 6) is 0.910. The molecule has 1 aromatic heterocycles. The van der Waals surface area contributed by atoms with Crippen LogP contribution in [0, 0.1) is 11.8 Å². The summed E-state index contributed by atoms with van der Waals surface area (Å²) in [5.41, 5.74) is 1.22. The summed E-state index contributed by atoms with van der Waals surface area (Å²) >= 11 is 6.49. The van der Waals surface area contributed by atoms with Crippen molar-refractivity contribution in [1.82, 2.24) is 9.78 Å². The average molecular weight is 315 g/mol. The predicted molar refractivity (Wildman–Crippen MR) is 89.9 cm³/mol. The van der Waals surface area contributed by atoms with Crippen LogP contribution >= 0.6 is 11.6 Å². The molecule has 1 heterocycles. The lowest BCUT2D eigenvalue weighted by molar-refractivity contribution is -0.000911. The van der Waals surface area contributed by atoms with Crippen LogP contribution in [-0.2, 0) is 19.4 Å². The molecule has 1 N–H and O–H groups in total. The molecule has 0 amide bonds. The number of hydrogen-bond donors (Lipinski definition) is 1. The van der Waals surface area contributed by atoms with Crippen molar-refractivity contribution in [1.29, 1.82) is 0 Å². The minimum atomic E-state index is -0.704. The van der Waals surface area contributed by atoms with E-state index < -0.39 is 5.60 Å². The quantitative estimate of drug-likeness (QED) is 0.768. The maximum atomic E-state index is 11.1. The molecule has 0 saturated heterocycles. The fourth-order valence-electron chi connectivity index (χ4n) is 3.25. The third kappa shape index (κ3) is 5.00. The van der Waals surface area contributed by atoms with E-state index in [0.29, 0.717) is 18.3 Å². The van der Waals surface area contributed by atoms with Gasteiger partial charge in [0.05, 0.1) is 22.0 Å². The Hall–Kier alpha value is -0.540. The lowest BCUT2D eigenvalue weighted by atomic mass is 9.81. The Morgan fingerprint density at radius 1 is 1.14 bits per heavy atom. The first-order chi connectivity index (χ1) is 9.72. The van der Waals surface area contributed by atoms with Gasteiger partial charge in [0, 0.05) is 13.0 Å². The van der Waals surface area contributed by atoms with Gasteiger partial charge in [-0.15, -0.1) is 0 Å². The SMILES string of the molecule is CCc1nn(CC)c(CC(O)(CC(C)C)CC(C)C)c1Cl. The number of halogens is 1. The molecule has 3 nitrogen and oxygen atoms in total. The van der Waals surface area contributed by atoms with Crippen molar-refractivity contribution in [2.24, 2.45) is 11.8 Å². The van der Waals surface area contributed by atoms with Gasteiger partial charge in [-0.3, -0.25) is 4.68 Å². The average Bonchev–Trinajstić information content (AvgIpc) is 2.63. The van der Waals surface area contributed by atoms with Crippen LogP contribution < -0.4 is 0 Å². The van der Waals surface area contributed by atoms with E-state index in [1.807, 2.05) is 4.68 Å². The lowest BCUT2D eigenvalue weighted by Gasteiger charge is -2.32. The predicted octanol–water partition coefficient (Wildman–Crippen LogP) is 4.48. The minimum absolute atomic E-state index is 0.455. The maximum absolute atomic E-state index is 11.1. The Bertz CT molecular complexity index is 442. The van der Waals surface area contributed by atoms with E-state index in [2.05, 4.69) is 46.6 Å². The summed E-state index contributed by atoms with van der Waals surface area (Å²) in [5, 5.41) is 16.4. The number of hydrogen-bond acceptors (Lipinski definition) is 2. The Morgan fingerprint density at radius 2 is 1.67 bits per heavy atom. The highest BCUT2D eigenvalue weighted by atomic mass is 35.5. The zero-order valence-corrected chi connectivity index (χ0v) is 15.2. The molecule has 0 aliphatic rings. The fraction of sp³-hybridized carbons (Fsp3) is 0.824. The van der Waals surface area contributed by atoms with Gasteiger partial charge < -0.3 is 5.11 Å². The molecule has 0 fully saturated rings.